The molecule has 0 aromatic carbocycles. The smallest absolute Gasteiger partial charge is 0.248 e. The zero-order valence-corrected chi connectivity index (χ0v) is 11.2. The fraction of sp³-hybridized carbons (Fsp3) is 0.923. The van der Waals surface area contributed by atoms with Crippen LogP contribution in [0.3, 0.4) is 0 Å². The summed E-state index contributed by atoms with van der Waals surface area (Å²) in [4.78, 5) is 11.7. The second-order valence-corrected chi connectivity index (χ2v) is 5.39. The van der Waals surface area contributed by atoms with E-state index < -0.39 is 6.10 Å². The van der Waals surface area contributed by atoms with Crippen LogP contribution in [0.1, 0.15) is 46.5 Å². The topological polar surface area (TPSA) is 64.3 Å². The van der Waals surface area contributed by atoms with E-state index in [1.165, 1.54) is 0 Å². The number of carbonyl (C=O) groups excluding carboxylic acids is 1. The van der Waals surface area contributed by atoms with E-state index in [9.17, 15) is 4.79 Å². The van der Waals surface area contributed by atoms with Gasteiger partial charge in [-0.1, -0.05) is 13.8 Å². The van der Waals surface area contributed by atoms with Crippen molar-refractivity contribution < 1.29 is 9.53 Å². The molecule has 0 radical (unpaired) electrons. The van der Waals surface area contributed by atoms with E-state index in [-0.39, 0.29) is 18.1 Å². The lowest BCUT2D eigenvalue weighted by Gasteiger charge is -2.21. The third-order valence-corrected chi connectivity index (χ3v) is 3.27. The highest BCUT2D eigenvalue weighted by atomic mass is 16.5. The molecule has 0 heterocycles. The molecule has 3 N–H and O–H groups in total. The van der Waals surface area contributed by atoms with Gasteiger partial charge in [-0.3, -0.25) is 4.79 Å². The minimum Gasteiger partial charge on any atom is -0.364 e. The van der Waals surface area contributed by atoms with Crippen LogP contribution in [-0.2, 0) is 9.53 Å². The Kier molecular flexibility index (Phi) is 5.92. The number of hydrogen-bond donors (Lipinski definition) is 2. The normalized spacial score (nSPS) is 26.2. The Morgan fingerprint density at radius 1 is 1.41 bits per heavy atom. The molecule has 1 aliphatic rings. The quantitative estimate of drug-likeness (QED) is 0.740. The van der Waals surface area contributed by atoms with Crippen LogP contribution in [0.2, 0.25) is 0 Å². The van der Waals surface area contributed by atoms with Gasteiger partial charge in [-0.2, -0.15) is 0 Å². The Balaban J connectivity index is 2.22. The van der Waals surface area contributed by atoms with Crippen LogP contribution >= 0.6 is 0 Å². The van der Waals surface area contributed by atoms with E-state index in [2.05, 4.69) is 19.2 Å². The summed E-state index contributed by atoms with van der Waals surface area (Å²) in [6, 6.07) is 0.0981. The average Bonchev–Trinajstić information content (AvgIpc) is 2.63. The Morgan fingerprint density at radius 3 is 2.65 bits per heavy atom. The standard InChI is InChI=1S/C13H26N2O2/c1-9(2)7-8-15-13(16)10(3)17-12-6-4-5-11(12)14/h9-12H,4-8,14H2,1-3H3,(H,15,16). The fourth-order valence-electron chi connectivity index (χ4n) is 2.08. The van der Waals surface area contributed by atoms with E-state index >= 15 is 0 Å². The first-order valence-corrected chi connectivity index (χ1v) is 6.69. The molecule has 4 nitrogen and oxygen atoms in total. The van der Waals surface area contributed by atoms with Crippen LogP contribution in [0.4, 0.5) is 0 Å². The molecule has 0 bridgehead atoms. The van der Waals surface area contributed by atoms with Crippen molar-refractivity contribution >= 4 is 5.91 Å². The van der Waals surface area contributed by atoms with E-state index in [4.69, 9.17) is 10.5 Å². The number of nitrogens with one attached hydrogen (secondary N) is 1. The van der Waals surface area contributed by atoms with Gasteiger partial charge in [0.2, 0.25) is 5.91 Å². The molecule has 17 heavy (non-hydrogen) atoms. The van der Waals surface area contributed by atoms with Gasteiger partial charge in [0.05, 0.1) is 6.10 Å². The Hall–Kier alpha value is -0.610. The SMILES string of the molecule is CC(C)CCNC(=O)C(C)OC1CCCC1N. The summed E-state index contributed by atoms with van der Waals surface area (Å²) in [5.41, 5.74) is 5.91. The van der Waals surface area contributed by atoms with Crippen molar-refractivity contribution in [3.63, 3.8) is 0 Å². The highest BCUT2D eigenvalue weighted by Gasteiger charge is 2.28. The number of ether oxygens (including phenoxy) is 1. The fourth-order valence-corrected chi connectivity index (χ4v) is 2.08. The van der Waals surface area contributed by atoms with Crippen LogP contribution < -0.4 is 11.1 Å². The summed E-state index contributed by atoms with van der Waals surface area (Å²) in [7, 11) is 0. The summed E-state index contributed by atoms with van der Waals surface area (Å²) < 4.78 is 5.71. The molecular formula is C13H26N2O2. The maximum absolute atomic E-state index is 11.7. The number of hydrogen-bond acceptors (Lipinski definition) is 3. The van der Waals surface area contributed by atoms with Gasteiger partial charge in [0.15, 0.2) is 0 Å². The van der Waals surface area contributed by atoms with Crippen molar-refractivity contribution in [3.8, 4) is 0 Å². The van der Waals surface area contributed by atoms with Gasteiger partial charge in [-0.15, -0.1) is 0 Å². The van der Waals surface area contributed by atoms with E-state index in [0.29, 0.717) is 5.92 Å². The van der Waals surface area contributed by atoms with Crippen molar-refractivity contribution in [3.05, 3.63) is 0 Å². The highest BCUT2D eigenvalue weighted by molar-refractivity contribution is 5.80. The Labute approximate surface area is 104 Å². The van der Waals surface area contributed by atoms with Crippen molar-refractivity contribution in [2.24, 2.45) is 11.7 Å². The van der Waals surface area contributed by atoms with Crippen LogP contribution in [-0.4, -0.2) is 30.7 Å². The predicted molar refractivity (Wildman–Crippen MR) is 68.6 cm³/mol. The van der Waals surface area contributed by atoms with Crippen LogP contribution in [0.5, 0.6) is 0 Å². The summed E-state index contributed by atoms with van der Waals surface area (Å²) >= 11 is 0. The minimum absolute atomic E-state index is 0.0234. The van der Waals surface area contributed by atoms with Crippen molar-refractivity contribution in [2.75, 3.05) is 6.54 Å². The molecule has 1 saturated carbocycles. The maximum atomic E-state index is 11.7. The molecular weight excluding hydrogens is 216 g/mol. The first-order chi connectivity index (χ1) is 8.00. The lowest BCUT2D eigenvalue weighted by molar-refractivity contribution is -0.135. The summed E-state index contributed by atoms with van der Waals surface area (Å²) in [6.45, 7) is 6.81. The molecule has 0 aromatic rings. The number of nitrogens with two attached hydrogens (primary N) is 1. The Bertz CT molecular complexity index is 244. The summed E-state index contributed by atoms with van der Waals surface area (Å²) in [5.74, 6) is 0.583. The molecule has 4 heteroatoms. The second-order valence-electron chi connectivity index (χ2n) is 5.39. The van der Waals surface area contributed by atoms with Gasteiger partial charge in [0.1, 0.15) is 6.10 Å². The molecule has 1 fully saturated rings. The molecule has 1 amide bonds. The molecule has 0 aromatic heterocycles. The van der Waals surface area contributed by atoms with Gasteiger partial charge in [0, 0.05) is 12.6 Å². The zero-order chi connectivity index (χ0) is 12.8. The zero-order valence-electron chi connectivity index (χ0n) is 11.2. The van der Waals surface area contributed by atoms with E-state index in [0.717, 1.165) is 32.2 Å². The lowest BCUT2D eigenvalue weighted by atomic mass is 10.1. The van der Waals surface area contributed by atoms with Crippen LogP contribution in [0, 0.1) is 5.92 Å². The van der Waals surface area contributed by atoms with Gasteiger partial charge in [-0.05, 0) is 38.5 Å². The third-order valence-electron chi connectivity index (χ3n) is 3.27. The predicted octanol–water partition coefficient (Wildman–Crippen LogP) is 1.43. The first kappa shape index (κ1) is 14.5. The molecule has 0 spiro atoms. The van der Waals surface area contributed by atoms with Crippen molar-refractivity contribution in [2.45, 2.75) is 64.7 Å². The minimum atomic E-state index is -0.392. The maximum Gasteiger partial charge on any atom is 0.248 e. The molecule has 1 rings (SSSR count). The van der Waals surface area contributed by atoms with E-state index in [1.807, 2.05) is 0 Å². The molecule has 3 unspecified atom stereocenters. The summed E-state index contributed by atoms with van der Waals surface area (Å²) in [5, 5.41) is 2.90. The highest BCUT2D eigenvalue weighted by Crippen LogP contribution is 2.21. The van der Waals surface area contributed by atoms with Crippen LogP contribution in [0.25, 0.3) is 0 Å². The molecule has 0 saturated heterocycles. The molecule has 100 valence electrons. The lowest BCUT2D eigenvalue weighted by Crippen LogP contribution is -2.41. The average molecular weight is 242 g/mol. The van der Waals surface area contributed by atoms with E-state index in [1.54, 1.807) is 6.92 Å². The number of carbonyl (C=O) groups is 1. The van der Waals surface area contributed by atoms with Crippen molar-refractivity contribution in [1.82, 2.24) is 5.32 Å². The van der Waals surface area contributed by atoms with Crippen molar-refractivity contribution in [1.29, 1.82) is 0 Å². The first-order valence-electron chi connectivity index (χ1n) is 6.69. The van der Waals surface area contributed by atoms with Gasteiger partial charge in [-0.25, -0.2) is 0 Å². The number of amides is 1. The van der Waals surface area contributed by atoms with Crippen LogP contribution in [0.15, 0.2) is 0 Å². The summed E-state index contributed by atoms with van der Waals surface area (Å²) in [6.07, 6.45) is 3.75. The Morgan fingerprint density at radius 2 is 2.12 bits per heavy atom. The third kappa shape index (κ3) is 5.04. The largest absolute Gasteiger partial charge is 0.364 e. The van der Waals surface area contributed by atoms with Gasteiger partial charge < -0.3 is 15.8 Å². The molecule has 1 aliphatic carbocycles. The van der Waals surface area contributed by atoms with Gasteiger partial charge in [0.25, 0.3) is 0 Å². The van der Waals surface area contributed by atoms with Gasteiger partial charge >= 0.3 is 0 Å². The molecule has 0 aliphatic heterocycles. The monoisotopic (exact) mass is 242 g/mol. The molecule has 3 atom stereocenters. The number of rotatable bonds is 6. The second kappa shape index (κ2) is 6.97.